The average molecular weight is 429 g/mol. The monoisotopic (exact) mass is 428 g/mol. The van der Waals surface area contributed by atoms with Crippen molar-refractivity contribution in [3.05, 3.63) is 95.7 Å². The van der Waals surface area contributed by atoms with Crippen LogP contribution in [0.5, 0.6) is 0 Å². The number of fused-ring (bicyclic) bond motifs is 1. The summed E-state index contributed by atoms with van der Waals surface area (Å²) in [5.41, 5.74) is 3.17. The molecule has 4 aromatic rings. The highest BCUT2D eigenvalue weighted by molar-refractivity contribution is 7.92. The molecule has 3 aromatic carbocycles. The quantitative estimate of drug-likeness (QED) is 0.483. The summed E-state index contributed by atoms with van der Waals surface area (Å²) >= 11 is 0. The molecule has 154 valence electrons. The van der Waals surface area contributed by atoms with Gasteiger partial charge in [-0.1, -0.05) is 60.2 Å². The molecule has 0 fully saturated rings. The Bertz CT molecular complexity index is 1360. The van der Waals surface area contributed by atoms with Crippen LogP contribution in [0.2, 0.25) is 0 Å². The van der Waals surface area contributed by atoms with Crippen molar-refractivity contribution < 1.29 is 8.42 Å². The maximum atomic E-state index is 13.3. The Morgan fingerprint density at radius 1 is 0.903 bits per heavy atom. The van der Waals surface area contributed by atoms with Crippen LogP contribution in [0.15, 0.2) is 83.8 Å². The van der Waals surface area contributed by atoms with Crippen molar-refractivity contribution in [1.82, 2.24) is 9.97 Å². The van der Waals surface area contributed by atoms with E-state index in [1.54, 1.807) is 30.3 Å². The molecule has 0 saturated carbocycles. The lowest BCUT2D eigenvalue weighted by Crippen LogP contribution is -2.17. The topological polar surface area (TPSA) is 95.7 Å². The summed E-state index contributed by atoms with van der Waals surface area (Å²) in [7, 11) is -4.00. The smallest absolute Gasteiger partial charge is 0.200 e. The Labute approximate surface area is 181 Å². The highest BCUT2D eigenvalue weighted by Gasteiger charge is 2.33. The van der Waals surface area contributed by atoms with E-state index in [1.807, 2.05) is 49.4 Å². The van der Waals surface area contributed by atoms with E-state index >= 15 is 0 Å². The van der Waals surface area contributed by atoms with Crippen LogP contribution in [-0.4, -0.2) is 18.4 Å². The molecule has 0 unspecified atom stereocenters. The molecule has 4 rings (SSSR count). The highest BCUT2D eigenvalue weighted by atomic mass is 32.2. The van der Waals surface area contributed by atoms with Gasteiger partial charge in [0.05, 0.1) is 22.0 Å². The summed E-state index contributed by atoms with van der Waals surface area (Å²) < 4.78 is 26.6. The molecule has 6 nitrogen and oxygen atoms in total. The summed E-state index contributed by atoms with van der Waals surface area (Å²) in [6, 6.07) is 25.2. The van der Waals surface area contributed by atoms with Crippen molar-refractivity contribution in [2.24, 2.45) is 0 Å². The number of aromatic nitrogens is 2. The van der Waals surface area contributed by atoms with Gasteiger partial charge in [-0.25, -0.2) is 18.4 Å². The second-order valence-corrected chi connectivity index (χ2v) is 9.19. The molecule has 31 heavy (non-hydrogen) atoms. The molecule has 0 spiro atoms. The average Bonchev–Trinajstić information content (AvgIpc) is 2.79. The fourth-order valence-electron chi connectivity index (χ4n) is 3.25. The fourth-order valence-corrected chi connectivity index (χ4v) is 4.63. The Balaban J connectivity index is 1.81. The first-order valence-electron chi connectivity index (χ1n) is 9.74. The lowest BCUT2D eigenvalue weighted by Gasteiger charge is -2.16. The normalized spacial score (nSPS) is 12.3. The zero-order chi connectivity index (χ0) is 21.8. The van der Waals surface area contributed by atoms with Crippen LogP contribution in [0, 0.1) is 18.3 Å². The Kier molecular flexibility index (Phi) is 5.65. The van der Waals surface area contributed by atoms with E-state index in [1.165, 1.54) is 12.1 Å². The lowest BCUT2D eigenvalue weighted by molar-refractivity contribution is 0.590. The molecule has 7 heteroatoms. The third-order valence-corrected chi connectivity index (χ3v) is 6.80. The number of nitriles is 1. The fraction of sp³-hybridized carbons (Fsp3) is 0.125. The third-order valence-electron chi connectivity index (χ3n) is 4.93. The van der Waals surface area contributed by atoms with Crippen molar-refractivity contribution in [3.63, 3.8) is 0 Å². The van der Waals surface area contributed by atoms with Gasteiger partial charge in [0, 0.05) is 6.54 Å². The highest BCUT2D eigenvalue weighted by Crippen LogP contribution is 2.32. The molecule has 0 aliphatic rings. The first-order valence-corrected chi connectivity index (χ1v) is 11.3. The van der Waals surface area contributed by atoms with Gasteiger partial charge < -0.3 is 5.32 Å². The number of hydrogen-bond acceptors (Lipinski definition) is 6. The minimum Gasteiger partial charge on any atom is -0.364 e. The van der Waals surface area contributed by atoms with Gasteiger partial charge in [-0.15, -0.1) is 0 Å². The number of nitrogens with one attached hydrogen (secondary N) is 1. The predicted molar refractivity (Wildman–Crippen MR) is 120 cm³/mol. The van der Waals surface area contributed by atoms with Crippen molar-refractivity contribution in [1.29, 1.82) is 5.26 Å². The van der Waals surface area contributed by atoms with Crippen molar-refractivity contribution in [3.8, 4) is 6.07 Å². The molecule has 0 aliphatic heterocycles. The standard InChI is InChI=1S/C24H20N4O2S/c1-17-11-13-19(14-12-17)31(29,30)22(15-25)23-24(26-16-18-7-3-2-4-8-18)28-21-10-6-5-9-20(21)27-23/h2-14,22H,16H2,1H3,(H,26,28)/t22-/m1/s1. The number of para-hydroxylation sites is 2. The van der Waals surface area contributed by atoms with Crippen LogP contribution < -0.4 is 5.32 Å². The van der Waals surface area contributed by atoms with Crippen LogP contribution in [0.1, 0.15) is 22.1 Å². The molecule has 0 radical (unpaired) electrons. The minimum absolute atomic E-state index is 0.0774. The van der Waals surface area contributed by atoms with E-state index in [4.69, 9.17) is 0 Å². The second-order valence-electron chi connectivity index (χ2n) is 7.15. The van der Waals surface area contributed by atoms with Crippen LogP contribution in [0.4, 0.5) is 5.82 Å². The number of sulfone groups is 1. The van der Waals surface area contributed by atoms with Crippen molar-refractivity contribution in [2.45, 2.75) is 23.6 Å². The van der Waals surface area contributed by atoms with E-state index in [-0.39, 0.29) is 16.4 Å². The zero-order valence-electron chi connectivity index (χ0n) is 16.9. The predicted octanol–water partition coefficient (Wildman–Crippen LogP) is 4.59. The van der Waals surface area contributed by atoms with Gasteiger partial charge in [0.15, 0.2) is 11.1 Å². The number of anilines is 1. The second kappa shape index (κ2) is 8.54. The summed E-state index contributed by atoms with van der Waals surface area (Å²) in [5, 5.41) is 11.6. The molecule has 0 amide bonds. The van der Waals surface area contributed by atoms with Gasteiger partial charge in [-0.2, -0.15) is 5.26 Å². The Morgan fingerprint density at radius 3 is 2.16 bits per heavy atom. The largest absolute Gasteiger partial charge is 0.364 e. The summed E-state index contributed by atoms with van der Waals surface area (Å²) in [6.07, 6.45) is 0. The van der Waals surface area contributed by atoms with E-state index in [0.29, 0.717) is 17.6 Å². The molecular formula is C24H20N4O2S. The Hall–Kier alpha value is -3.76. The van der Waals surface area contributed by atoms with Gasteiger partial charge in [0.2, 0.25) is 9.84 Å². The molecular weight excluding hydrogens is 408 g/mol. The number of nitrogens with zero attached hydrogens (tertiary/aromatic N) is 3. The van der Waals surface area contributed by atoms with Gasteiger partial charge in [-0.3, -0.25) is 0 Å². The number of aryl methyl sites for hydroxylation is 1. The van der Waals surface area contributed by atoms with E-state index in [0.717, 1.165) is 11.1 Å². The van der Waals surface area contributed by atoms with Crippen molar-refractivity contribution in [2.75, 3.05) is 5.32 Å². The molecule has 0 aliphatic carbocycles. The molecule has 1 heterocycles. The Morgan fingerprint density at radius 2 is 1.52 bits per heavy atom. The van der Waals surface area contributed by atoms with Crippen LogP contribution in [0.3, 0.4) is 0 Å². The van der Waals surface area contributed by atoms with E-state index in [2.05, 4.69) is 15.3 Å². The summed E-state index contributed by atoms with van der Waals surface area (Å²) in [6.45, 7) is 2.29. The van der Waals surface area contributed by atoms with Gasteiger partial charge >= 0.3 is 0 Å². The van der Waals surface area contributed by atoms with Gasteiger partial charge in [-0.05, 0) is 36.8 Å². The maximum absolute atomic E-state index is 13.3. The van der Waals surface area contributed by atoms with Crippen molar-refractivity contribution >= 4 is 26.7 Å². The third kappa shape index (κ3) is 4.25. The van der Waals surface area contributed by atoms with Crippen LogP contribution in [0.25, 0.3) is 11.0 Å². The molecule has 1 aromatic heterocycles. The first kappa shape index (κ1) is 20.5. The van der Waals surface area contributed by atoms with Crippen LogP contribution in [-0.2, 0) is 16.4 Å². The first-order chi connectivity index (χ1) is 15.0. The van der Waals surface area contributed by atoms with Gasteiger partial charge in [0.25, 0.3) is 0 Å². The van der Waals surface area contributed by atoms with Crippen LogP contribution >= 0.6 is 0 Å². The molecule has 0 bridgehead atoms. The van der Waals surface area contributed by atoms with Gasteiger partial charge in [0.1, 0.15) is 5.69 Å². The minimum atomic E-state index is -4.00. The summed E-state index contributed by atoms with van der Waals surface area (Å²) in [5.74, 6) is 0.282. The zero-order valence-corrected chi connectivity index (χ0v) is 17.7. The lowest BCUT2D eigenvalue weighted by atomic mass is 10.2. The SMILES string of the molecule is Cc1ccc(S(=O)(=O)[C@H](C#N)c2nc3ccccc3nc2NCc2ccccc2)cc1. The van der Waals surface area contributed by atoms with E-state index < -0.39 is 15.1 Å². The molecule has 1 N–H and O–H groups in total. The molecule has 0 saturated heterocycles. The molecule has 1 atom stereocenters. The number of rotatable bonds is 6. The number of hydrogen-bond donors (Lipinski definition) is 1. The van der Waals surface area contributed by atoms with E-state index in [9.17, 15) is 13.7 Å². The summed E-state index contributed by atoms with van der Waals surface area (Å²) in [4.78, 5) is 9.21. The number of benzene rings is 3. The maximum Gasteiger partial charge on any atom is 0.200 e.